The van der Waals surface area contributed by atoms with Gasteiger partial charge in [0.1, 0.15) is 138 Å². The maximum Gasteiger partial charge on any atom is 0.326 e. The molecule has 0 bridgehead atoms. The van der Waals surface area contributed by atoms with Gasteiger partial charge in [0, 0.05) is 68.3 Å². The van der Waals surface area contributed by atoms with E-state index in [4.69, 9.17) is 18.9 Å². The van der Waals surface area contributed by atoms with Crippen LogP contribution in [-0.4, -0.2) is 335 Å². The van der Waals surface area contributed by atoms with E-state index in [1.807, 2.05) is 0 Å². The number of hydrogen-bond acceptors (Lipinski definition) is 31. The number of rotatable bonds is 41. The zero-order valence-corrected chi connectivity index (χ0v) is 53.7. The Balaban J connectivity index is 1.39. The van der Waals surface area contributed by atoms with Crippen LogP contribution >= 0.6 is 47.0 Å². The van der Waals surface area contributed by atoms with Gasteiger partial charge in [-0.05, 0) is 57.8 Å². The van der Waals surface area contributed by atoms with Crippen LogP contribution in [0.25, 0.3) is 0 Å². The molecule has 92 heavy (non-hydrogen) atoms. The van der Waals surface area contributed by atoms with Gasteiger partial charge in [-0.1, -0.05) is 0 Å². The molecule has 0 aromatic rings. The van der Waals surface area contributed by atoms with Gasteiger partial charge >= 0.3 is 5.97 Å². The van der Waals surface area contributed by atoms with E-state index in [9.17, 15) is 120 Å². The number of thioether (sulfide) groups is 4. The normalized spacial score (nSPS) is 32.5. The molecule has 0 saturated carbocycles. The largest absolute Gasteiger partial charge is 0.480 e. The quantitative estimate of drug-likeness (QED) is 0.0253. The number of ether oxygens (including phenoxy) is 4. The number of hydrogen-bond donors (Lipinski definition) is 23. The number of amides is 6. The molecule has 4 heterocycles. The Morgan fingerprint density at radius 3 is 0.848 bits per heavy atom. The zero-order valence-electron chi connectivity index (χ0n) is 50.5. The van der Waals surface area contributed by atoms with Crippen LogP contribution in [0.4, 0.5) is 0 Å². The molecule has 0 aromatic heterocycles. The van der Waals surface area contributed by atoms with Crippen LogP contribution in [0.5, 0.6) is 0 Å². The van der Waals surface area contributed by atoms with Crippen LogP contribution in [0, 0.1) is 0 Å². The van der Waals surface area contributed by atoms with Crippen LogP contribution < -0.4 is 31.9 Å². The maximum atomic E-state index is 14.3. The lowest BCUT2D eigenvalue weighted by Gasteiger charge is -2.39. The molecule has 0 radical (unpaired) electrons. The minimum absolute atomic E-state index is 0.0602. The molecule has 0 aromatic carbocycles. The number of aliphatic carboxylic acids is 1. The number of carboxylic acid groups (broad SMARTS) is 1. The second kappa shape index (κ2) is 42.5. The highest BCUT2D eigenvalue weighted by Crippen LogP contribution is 2.33. The molecule has 532 valence electrons. The topological polar surface area (TPSA) is 573 Å². The van der Waals surface area contributed by atoms with Crippen molar-refractivity contribution in [2.75, 3.05) is 69.1 Å². The van der Waals surface area contributed by atoms with E-state index < -0.39 is 205 Å². The molecule has 0 aliphatic carbocycles. The van der Waals surface area contributed by atoms with Crippen LogP contribution in [-0.2, 0) is 52.5 Å². The van der Waals surface area contributed by atoms with E-state index in [2.05, 4.69) is 31.9 Å². The van der Waals surface area contributed by atoms with Crippen LogP contribution in [0.3, 0.4) is 0 Å². The summed E-state index contributed by atoms with van der Waals surface area (Å²) in [5, 5.41) is 186. The average Bonchev–Trinajstić information content (AvgIpc) is 1.31. The standard InChI is InChI=1S/C54H94N6O28S4/c61-21-28-36(69)40(73)44(77)51(85-28)89-17-10-32(65)55-14-4-1-7-25(58-35(68)13-20-92-54-47(80)43(76)39(72)31(24-64)88-54)48(81)59-26(8-2-5-15-56-33(66)11-18-90-52-45(78)41(74)37(70)29(22-62)86-52)49(82)60-27(50(83)84)9-3-6-16-57-34(67)12-19-91-53-46(79)42(75)38(71)30(23-63)87-53/h25-31,36-47,51-54,61-64,69-80H,1-24H2,(H,55,65)(H,56,66)(H,57,67)(H,58,68)(H,59,81)(H,60,82)(H,83,84)/t25-,26-,27-,28+,29+,30+,31+,36+,37+,38+,39+,40-,41-,42-,43-,44-,45-,46-,47-,51+,52+,53+,54+/m0/s1. The fraction of sp³-hybridized carbons (Fsp3) is 0.870. The molecular weight excluding hydrogens is 1310 g/mol. The summed E-state index contributed by atoms with van der Waals surface area (Å²) in [5.41, 5.74) is -4.33. The summed E-state index contributed by atoms with van der Waals surface area (Å²) in [6, 6.07) is -4.32. The average molecular weight is 1400 g/mol. The predicted molar refractivity (Wildman–Crippen MR) is 327 cm³/mol. The van der Waals surface area contributed by atoms with Crippen molar-refractivity contribution in [1.82, 2.24) is 31.9 Å². The van der Waals surface area contributed by atoms with Crippen LogP contribution in [0.2, 0.25) is 0 Å². The number of carbonyl (C=O) groups is 7. The first kappa shape index (κ1) is 81.3. The van der Waals surface area contributed by atoms with Crippen molar-refractivity contribution in [3.63, 3.8) is 0 Å². The summed E-state index contributed by atoms with van der Waals surface area (Å²) in [6.07, 6.45) is -23.1. The highest BCUT2D eigenvalue weighted by Gasteiger charge is 2.47. The molecule has 4 aliphatic heterocycles. The summed E-state index contributed by atoms with van der Waals surface area (Å²) in [6.45, 7) is -2.34. The number of unbranched alkanes of at least 4 members (excludes halogenated alkanes) is 3. The molecule has 0 spiro atoms. The molecule has 4 fully saturated rings. The van der Waals surface area contributed by atoms with Gasteiger partial charge in [-0.3, -0.25) is 28.8 Å². The Kier molecular flexibility index (Phi) is 37.6. The van der Waals surface area contributed by atoms with Crippen molar-refractivity contribution >= 4 is 88.5 Å². The summed E-state index contributed by atoms with van der Waals surface area (Å²) in [7, 11) is 0. The first-order valence-electron chi connectivity index (χ1n) is 30.4. The molecule has 4 aliphatic rings. The minimum Gasteiger partial charge on any atom is -0.480 e. The first-order valence-corrected chi connectivity index (χ1v) is 34.6. The number of carbonyl (C=O) groups excluding carboxylic acids is 6. The van der Waals surface area contributed by atoms with Gasteiger partial charge in [0.2, 0.25) is 35.4 Å². The van der Waals surface area contributed by atoms with Crippen molar-refractivity contribution in [2.45, 2.75) is 221 Å². The van der Waals surface area contributed by atoms with Crippen molar-refractivity contribution in [3.05, 3.63) is 0 Å². The van der Waals surface area contributed by atoms with E-state index in [1.165, 1.54) is 0 Å². The van der Waals surface area contributed by atoms with Gasteiger partial charge < -0.3 is 138 Å². The Morgan fingerprint density at radius 2 is 0.576 bits per heavy atom. The highest BCUT2D eigenvalue weighted by atomic mass is 32.2. The van der Waals surface area contributed by atoms with Gasteiger partial charge in [0.25, 0.3) is 0 Å². The minimum atomic E-state index is -1.68. The number of nitrogens with one attached hydrogen (secondary N) is 6. The van der Waals surface area contributed by atoms with Crippen LogP contribution in [0.15, 0.2) is 0 Å². The van der Waals surface area contributed by atoms with Gasteiger partial charge in [-0.15, -0.1) is 47.0 Å². The fourth-order valence-electron chi connectivity index (χ4n) is 9.87. The van der Waals surface area contributed by atoms with Gasteiger partial charge in [-0.25, -0.2) is 4.79 Å². The first-order chi connectivity index (χ1) is 43.8. The van der Waals surface area contributed by atoms with Crippen molar-refractivity contribution < 1.29 is 139 Å². The SMILES string of the molecule is O=C(CCS[C@H]1O[C@H](CO)[C@@H](O)[C@H](O)[C@@H]1O)NCCCC[C@H](NC(=O)[C@H](CCCCNC(=O)CCS[C@H]1O[C@H](CO)[C@@H](O)[C@H](O)[C@@H]1O)NC(=O)[C@H](CCCCNC(=O)CCS[C@H]1O[C@H](CO)[C@@H](O)[C@H](O)[C@@H]1O)NC(=O)CCS[C@H]1O[C@H](CO)[C@@H](O)[C@H](O)[C@@H]1O)C(=O)O. The third kappa shape index (κ3) is 26.0. The third-order valence-corrected chi connectivity index (χ3v) is 20.1. The molecule has 23 N–H and O–H groups in total. The van der Waals surface area contributed by atoms with E-state index in [0.717, 1.165) is 47.0 Å². The molecule has 0 unspecified atom stereocenters. The molecule has 38 heteroatoms. The Morgan fingerprint density at radius 1 is 0.326 bits per heavy atom. The maximum absolute atomic E-state index is 14.3. The molecule has 4 saturated heterocycles. The predicted octanol–water partition coefficient (Wildman–Crippen LogP) is -8.92. The number of aliphatic hydroxyl groups excluding tert-OH is 16. The summed E-state index contributed by atoms with van der Waals surface area (Å²) in [5.74, 6) is -4.98. The van der Waals surface area contributed by atoms with Gasteiger partial charge in [0.15, 0.2) is 0 Å². The number of carboxylic acids is 1. The van der Waals surface area contributed by atoms with Crippen molar-refractivity contribution in [3.8, 4) is 0 Å². The molecule has 6 amide bonds. The summed E-state index contributed by atoms with van der Waals surface area (Å²) >= 11 is 3.82. The third-order valence-electron chi connectivity index (χ3n) is 15.5. The Labute approximate surface area is 547 Å². The smallest absolute Gasteiger partial charge is 0.326 e. The monoisotopic (exact) mass is 1400 g/mol. The van der Waals surface area contributed by atoms with Crippen molar-refractivity contribution in [2.24, 2.45) is 0 Å². The molecule has 34 nitrogen and oxygen atoms in total. The van der Waals surface area contributed by atoms with E-state index in [-0.39, 0.29) is 126 Å². The fourth-order valence-corrected chi connectivity index (χ4v) is 14.3. The Hall–Kier alpha value is -3.11. The lowest BCUT2D eigenvalue weighted by molar-refractivity contribution is -0.205. The summed E-state index contributed by atoms with van der Waals surface area (Å²) < 4.78 is 21.9. The van der Waals surface area contributed by atoms with E-state index in [1.54, 1.807) is 0 Å². The molecule has 4 rings (SSSR count). The molecular formula is C54H94N6O28S4. The van der Waals surface area contributed by atoms with E-state index in [0.29, 0.717) is 0 Å². The summed E-state index contributed by atoms with van der Waals surface area (Å²) in [4.78, 5) is 92.8. The second-order valence-electron chi connectivity index (χ2n) is 22.4. The lowest BCUT2D eigenvalue weighted by Crippen LogP contribution is -2.57. The number of aliphatic hydroxyl groups is 16. The van der Waals surface area contributed by atoms with Gasteiger partial charge in [-0.2, -0.15) is 0 Å². The zero-order chi connectivity index (χ0) is 68.2. The van der Waals surface area contributed by atoms with Crippen molar-refractivity contribution in [1.29, 1.82) is 0 Å². The molecule has 23 atom stereocenters. The second-order valence-corrected chi connectivity index (χ2v) is 27.2. The Bertz CT molecular complexity index is 2250. The van der Waals surface area contributed by atoms with E-state index >= 15 is 0 Å². The van der Waals surface area contributed by atoms with Gasteiger partial charge in [0.05, 0.1) is 26.4 Å². The lowest BCUT2D eigenvalue weighted by atomic mass is 10.0. The highest BCUT2D eigenvalue weighted by molar-refractivity contribution is 8.00. The van der Waals surface area contributed by atoms with Crippen LogP contribution in [0.1, 0.15) is 83.5 Å².